The molecule has 246 valence electrons. The maximum Gasteiger partial charge on any atom is 0.0636 e. The lowest BCUT2D eigenvalue weighted by Gasteiger charge is -2.22. The minimum absolute atomic E-state index is 0.00577. The Morgan fingerprint density at radius 3 is 1.42 bits per heavy atom. The molecule has 0 heterocycles. The molecule has 0 radical (unpaired) electrons. The molecule has 0 nitrogen and oxygen atoms in total. The van der Waals surface area contributed by atoms with Crippen LogP contribution in [0, 0.1) is 0 Å². The zero-order valence-electron chi connectivity index (χ0n) is 43.9. The number of fused-ring (bicyclic) bond motifs is 3. The third kappa shape index (κ3) is 3.96. The fraction of sp³-hybridized carbons (Fsp3) is 0.0566. The third-order valence-electron chi connectivity index (χ3n) is 11.1. The Hall–Kier alpha value is -6.50. The molecule has 0 saturated heterocycles. The van der Waals surface area contributed by atoms with Gasteiger partial charge < -0.3 is 0 Å². The Bertz CT molecular complexity index is 3890. The van der Waals surface area contributed by atoms with Crippen LogP contribution in [-0.2, 0) is 5.41 Å². The topological polar surface area (TPSA) is 0 Å². The van der Waals surface area contributed by atoms with Crippen molar-refractivity contribution in [2.24, 2.45) is 0 Å². The number of rotatable bonds is 3. The van der Waals surface area contributed by atoms with Crippen LogP contribution < -0.4 is 0 Å². The van der Waals surface area contributed by atoms with Crippen molar-refractivity contribution in [2.45, 2.75) is 19.1 Å². The van der Waals surface area contributed by atoms with Crippen molar-refractivity contribution in [2.75, 3.05) is 0 Å². The molecule has 0 atom stereocenters. The second-order valence-electron chi connectivity index (χ2n) is 13.9. The lowest BCUT2D eigenvalue weighted by Crippen LogP contribution is -2.14. The van der Waals surface area contributed by atoms with Crippen LogP contribution in [0.4, 0.5) is 0 Å². The number of hydrogen-bond acceptors (Lipinski definition) is 0. The van der Waals surface area contributed by atoms with Gasteiger partial charge in [-0.1, -0.05) is 159 Å². The van der Waals surface area contributed by atoms with E-state index in [0.29, 0.717) is 21.9 Å². The first kappa shape index (κ1) is 17.8. The van der Waals surface area contributed by atoms with Gasteiger partial charge in [0, 0.05) is 13.6 Å². The lowest BCUT2D eigenvalue weighted by atomic mass is 9.81. The van der Waals surface area contributed by atoms with Crippen LogP contribution in [0.2, 0.25) is 0 Å². The standard InChI is InChI=1S/C53H34/c1-53(2)47-12-4-3-11-43(47)44-24-21-37(30-48(44)53)38-27-39(41-22-17-35-15-13-31-7-5-9-33-19-25-45(41)51(35)49(31)33)29-40(28-38)42-23-18-36-16-14-32-8-6-10-34-20-26-46(42)52(36)50(32)34/h3-30H,1-2H3/i1D3,2D3,3D,4D,11D,12D,21D,24D,27D,28D,29D,30D. The summed E-state index contributed by atoms with van der Waals surface area (Å²) in [5, 5.41) is 10.6. The molecule has 0 heteroatoms. The highest BCUT2D eigenvalue weighted by atomic mass is 14.4. The monoisotopic (exact) mass is 686 g/mol. The molecule has 1 aliphatic rings. The van der Waals surface area contributed by atoms with E-state index < -0.39 is 107 Å². The van der Waals surface area contributed by atoms with Gasteiger partial charge in [-0.2, -0.15) is 0 Å². The van der Waals surface area contributed by atoms with Crippen LogP contribution in [0.15, 0.2) is 170 Å². The first-order valence-corrected chi connectivity index (χ1v) is 17.5. The van der Waals surface area contributed by atoms with Gasteiger partial charge >= 0.3 is 0 Å². The van der Waals surface area contributed by atoms with Gasteiger partial charge in [0.2, 0.25) is 0 Å². The normalized spacial score (nSPS) is 18.4. The highest BCUT2D eigenvalue weighted by Gasteiger charge is 2.35. The van der Waals surface area contributed by atoms with Crippen molar-refractivity contribution >= 4 is 64.6 Å². The van der Waals surface area contributed by atoms with E-state index in [1.165, 1.54) is 0 Å². The van der Waals surface area contributed by atoms with Gasteiger partial charge in [0.25, 0.3) is 0 Å². The summed E-state index contributed by atoms with van der Waals surface area (Å²) < 4.78 is 149. The van der Waals surface area contributed by atoms with Gasteiger partial charge in [0.05, 0.1) is 13.7 Å². The molecule has 0 unspecified atom stereocenters. The molecule has 0 aromatic heterocycles. The van der Waals surface area contributed by atoms with Crippen LogP contribution in [0.3, 0.4) is 0 Å². The van der Waals surface area contributed by atoms with Gasteiger partial charge in [-0.15, -0.1) is 0 Å². The number of hydrogen-bond donors (Lipinski definition) is 0. The van der Waals surface area contributed by atoms with Crippen molar-refractivity contribution in [3.8, 4) is 44.5 Å². The van der Waals surface area contributed by atoms with E-state index in [0.717, 1.165) is 53.9 Å². The molecule has 1 aliphatic carbocycles. The summed E-state index contributed by atoms with van der Waals surface area (Å²) >= 11 is 0. The first-order valence-electron chi connectivity index (χ1n) is 25.5. The predicted octanol–water partition coefficient (Wildman–Crippen LogP) is 14.8. The maximum atomic E-state index is 10.2. The quantitative estimate of drug-likeness (QED) is 0.162. The SMILES string of the molecule is [2H]c1c([2H])c([2H])c2c(c1[2H])-c1c([2H])c([2H])c(-c3c([2H])c(-c4ccc5ccc6cccc7ccc4c5c67)c([2H])c(-c4ccc5ccc6cccc7ccc4c5c67)c3[2H])c([2H])c1C2(C([2H])([2H])[2H])C([2H])([2H])[2H]. The molecule has 0 N–H and O–H groups in total. The predicted molar refractivity (Wildman–Crippen MR) is 228 cm³/mol. The van der Waals surface area contributed by atoms with Gasteiger partial charge in [0.15, 0.2) is 0 Å². The van der Waals surface area contributed by atoms with Crippen LogP contribution in [0.5, 0.6) is 0 Å². The van der Waals surface area contributed by atoms with Gasteiger partial charge in [0.1, 0.15) is 0 Å². The van der Waals surface area contributed by atoms with Crippen molar-refractivity contribution in [3.63, 3.8) is 0 Å². The fourth-order valence-corrected chi connectivity index (χ4v) is 8.68. The summed E-state index contributed by atoms with van der Waals surface area (Å²) in [6, 6.07) is 27.6. The van der Waals surface area contributed by atoms with Crippen LogP contribution in [0.25, 0.3) is 109 Å². The number of benzene rings is 11. The Labute approximate surface area is 330 Å². The molecular formula is C53H34. The molecule has 0 aliphatic heterocycles. The molecule has 0 bridgehead atoms. The second-order valence-corrected chi connectivity index (χ2v) is 13.9. The first-order chi connectivity index (χ1) is 32.7. The van der Waals surface area contributed by atoms with E-state index in [9.17, 15) is 8.22 Å². The molecule has 0 fully saturated rings. The summed E-state index contributed by atoms with van der Waals surface area (Å²) in [7, 11) is 0. The molecule has 12 rings (SSSR count). The van der Waals surface area contributed by atoms with Crippen molar-refractivity contribution in [1.29, 1.82) is 0 Å². The summed E-state index contributed by atoms with van der Waals surface area (Å²) in [6.07, 6.45) is 0. The Balaban J connectivity index is 1.28. The Kier molecular flexibility index (Phi) is 3.47. The third-order valence-corrected chi connectivity index (χ3v) is 11.1. The molecule has 0 amide bonds. The van der Waals surface area contributed by atoms with Crippen LogP contribution in [0.1, 0.15) is 46.8 Å². The molecule has 11 aromatic carbocycles. The van der Waals surface area contributed by atoms with Gasteiger partial charge in [-0.3, -0.25) is 0 Å². The van der Waals surface area contributed by atoms with E-state index in [2.05, 4.69) is 0 Å². The van der Waals surface area contributed by atoms with E-state index in [1.807, 2.05) is 97.1 Å². The maximum absolute atomic E-state index is 10.2. The lowest BCUT2D eigenvalue weighted by molar-refractivity contribution is 0.660. The fourth-order valence-electron chi connectivity index (χ4n) is 8.68. The average Bonchev–Trinajstić information content (AvgIpc) is 3.67. The highest BCUT2D eigenvalue weighted by molar-refractivity contribution is 6.27. The average molecular weight is 687 g/mol. The second kappa shape index (κ2) is 10.3. The summed E-state index contributed by atoms with van der Waals surface area (Å²) in [5.41, 5.74) is -6.45. The van der Waals surface area contributed by atoms with E-state index in [4.69, 9.17) is 13.7 Å². The Morgan fingerprint density at radius 1 is 0.377 bits per heavy atom. The van der Waals surface area contributed by atoms with Crippen LogP contribution >= 0.6 is 0 Å². The minimum atomic E-state index is -3.65. The minimum Gasteiger partial charge on any atom is -0.0619 e. The van der Waals surface area contributed by atoms with E-state index in [1.54, 1.807) is 12.1 Å². The van der Waals surface area contributed by atoms with Gasteiger partial charge in [-0.25, -0.2) is 0 Å². The van der Waals surface area contributed by atoms with E-state index in [-0.39, 0.29) is 17.2 Å². The van der Waals surface area contributed by atoms with Crippen molar-refractivity contribution < 1.29 is 21.9 Å². The Morgan fingerprint density at radius 2 is 0.849 bits per heavy atom. The zero-order chi connectivity index (χ0) is 48.7. The summed E-state index contributed by atoms with van der Waals surface area (Å²) in [5.74, 6) is 0. The zero-order valence-corrected chi connectivity index (χ0v) is 27.9. The molecule has 0 saturated carbocycles. The van der Waals surface area contributed by atoms with Gasteiger partial charge in [-0.05, 0) is 144 Å². The molecule has 11 aromatic rings. The van der Waals surface area contributed by atoms with Crippen molar-refractivity contribution in [1.82, 2.24) is 0 Å². The highest BCUT2D eigenvalue weighted by Crippen LogP contribution is 2.50. The summed E-state index contributed by atoms with van der Waals surface area (Å²) in [4.78, 5) is 0. The van der Waals surface area contributed by atoms with E-state index >= 15 is 0 Å². The molecule has 0 spiro atoms. The van der Waals surface area contributed by atoms with Crippen LogP contribution in [-0.4, -0.2) is 0 Å². The smallest absolute Gasteiger partial charge is 0.0619 e. The summed E-state index contributed by atoms with van der Waals surface area (Å²) in [6.45, 7) is -7.31. The molecule has 53 heavy (non-hydrogen) atoms. The largest absolute Gasteiger partial charge is 0.0636 e. The molecular weight excluding hydrogens is 637 g/mol. The van der Waals surface area contributed by atoms with Crippen molar-refractivity contribution in [3.05, 3.63) is 181 Å².